The number of hydrogen-bond donors (Lipinski definition) is 0. The van der Waals surface area contributed by atoms with E-state index in [1.807, 2.05) is 25.1 Å². The molecule has 0 heterocycles. The quantitative estimate of drug-likeness (QED) is 0.606. The molecule has 0 aromatic heterocycles. The van der Waals surface area contributed by atoms with Crippen molar-refractivity contribution in [3.05, 3.63) is 48.0 Å². The molecular formula is C19H26O3. The summed E-state index contributed by atoms with van der Waals surface area (Å²) in [6, 6.07) is 10.1. The first-order chi connectivity index (χ1) is 10.3. The van der Waals surface area contributed by atoms with Crippen molar-refractivity contribution in [1.82, 2.24) is 0 Å². The van der Waals surface area contributed by atoms with Crippen molar-refractivity contribution in [2.75, 3.05) is 0 Å². The van der Waals surface area contributed by atoms with Gasteiger partial charge in [-0.25, -0.2) is 0 Å². The summed E-state index contributed by atoms with van der Waals surface area (Å²) in [7, 11) is 0. The van der Waals surface area contributed by atoms with Crippen molar-refractivity contribution < 1.29 is 14.3 Å². The maximum Gasteiger partial charge on any atom is 0.302 e. The zero-order valence-electron chi connectivity index (χ0n) is 14.0. The third kappa shape index (κ3) is 3.58. The van der Waals surface area contributed by atoms with Crippen LogP contribution in [0.1, 0.15) is 39.7 Å². The number of carbonyl (C=O) groups is 1. The van der Waals surface area contributed by atoms with Crippen LogP contribution in [0.15, 0.2) is 42.5 Å². The molecule has 0 N–H and O–H groups in total. The molecule has 1 aliphatic rings. The molecule has 0 saturated heterocycles. The molecule has 3 heteroatoms. The zero-order chi connectivity index (χ0) is 16.3. The fourth-order valence-corrected chi connectivity index (χ4v) is 3.29. The second-order valence-corrected chi connectivity index (χ2v) is 6.83. The molecule has 1 fully saturated rings. The van der Waals surface area contributed by atoms with Gasteiger partial charge in [0.15, 0.2) is 0 Å². The molecule has 3 nitrogen and oxygen atoms in total. The van der Waals surface area contributed by atoms with Crippen LogP contribution in [0, 0.1) is 11.3 Å². The summed E-state index contributed by atoms with van der Waals surface area (Å²) in [5, 5.41) is 0. The van der Waals surface area contributed by atoms with Gasteiger partial charge in [-0.3, -0.25) is 4.79 Å². The molecule has 0 unspecified atom stereocenters. The van der Waals surface area contributed by atoms with Gasteiger partial charge in [0, 0.05) is 18.3 Å². The molecule has 3 atom stereocenters. The molecule has 0 aliphatic heterocycles. The average Bonchev–Trinajstić information content (AvgIpc) is 2.69. The normalized spacial score (nSPS) is 26.6. The summed E-state index contributed by atoms with van der Waals surface area (Å²) in [5.41, 5.74) is 1.97. The maximum atomic E-state index is 11.4. The monoisotopic (exact) mass is 302 g/mol. The minimum Gasteiger partial charge on any atom is -0.461 e. The highest BCUT2D eigenvalue weighted by molar-refractivity contribution is 5.66. The number of hydrogen-bond acceptors (Lipinski definition) is 3. The third-order valence-electron chi connectivity index (χ3n) is 4.62. The van der Waals surface area contributed by atoms with Crippen molar-refractivity contribution >= 4 is 5.97 Å². The molecule has 0 amide bonds. The van der Waals surface area contributed by atoms with Gasteiger partial charge in [-0.15, -0.1) is 0 Å². The lowest BCUT2D eigenvalue weighted by molar-refractivity contribution is -0.156. The standard InChI is InChI=1S/C19H26O3/c1-13(2)16-11-17(19(4,5)18(16)22-14(3)20)21-12-15-9-7-6-8-10-15/h6-10,16-18H,1,11-12H2,2-5H3/t16-,17-,18+/m0/s1. The van der Waals surface area contributed by atoms with E-state index in [1.54, 1.807) is 0 Å². The highest BCUT2D eigenvalue weighted by atomic mass is 16.5. The van der Waals surface area contributed by atoms with E-state index in [-0.39, 0.29) is 29.5 Å². The van der Waals surface area contributed by atoms with Gasteiger partial charge < -0.3 is 9.47 Å². The lowest BCUT2D eigenvalue weighted by atomic mass is 9.84. The minimum absolute atomic E-state index is 0.0405. The van der Waals surface area contributed by atoms with Crippen LogP contribution in [-0.4, -0.2) is 18.2 Å². The van der Waals surface area contributed by atoms with E-state index < -0.39 is 0 Å². The second kappa shape index (κ2) is 6.66. The molecule has 1 aromatic carbocycles. The molecule has 120 valence electrons. The summed E-state index contributed by atoms with van der Waals surface area (Å²) in [4.78, 5) is 11.4. The van der Waals surface area contributed by atoms with Crippen molar-refractivity contribution in [2.45, 2.75) is 52.9 Å². The van der Waals surface area contributed by atoms with Gasteiger partial charge in [0.1, 0.15) is 6.10 Å². The average molecular weight is 302 g/mol. The second-order valence-electron chi connectivity index (χ2n) is 6.83. The van der Waals surface area contributed by atoms with Crippen molar-refractivity contribution in [3.8, 4) is 0 Å². The number of rotatable bonds is 5. The predicted molar refractivity (Wildman–Crippen MR) is 87.3 cm³/mol. The zero-order valence-corrected chi connectivity index (χ0v) is 14.0. The molecule has 1 aliphatic carbocycles. The Kier molecular flexibility index (Phi) is 5.07. The fraction of sp³-hybridized carbons (Fsp3) is 0.526. The molecule has 1 saturated carbocycles. The van der Waals surface area contributed by atoms with Gasteiger partial charge in [0.2, 0.25) is 0 Å². The van der Waals surface area contributed by atoms with Crippen molar-refractivity contribution in [1.29, 1.82) is 0 Å². The summed E-state index contributed by atoms with van der Waals surface area (Å²) in [5.74, 6) is -0.0901. The summed E-state index contributed by atoms with van der Waals surface area (Å²) in [6.45, 7) is 12.3. The molecule has 1 aromatic rings. The highest BCUT2D eigenvalue weighted by Gasteiger charge is 2.52. The summed E-state index contributed by atoms with van der Waals surface area (Å²) in [6.07, 6.45) is 0.703. The lowest BCUT2D eigenvalue weighted by Gasteiger charge is -2.33. The van der Waals surface area contributed by atoms with Crippen LogP contribution in [0.3, 0.4) is 0 Å². The predicted octanol–water partition coefficient (Wildman–Crippen LogP) is 4.13. The maximum absolute atomic E-state index is 11.4. The van der Waals surface area contributed by atoms with Crippen LogP contribution in [0.2, 0.25) is 0 Å². The van der Waals surface area contributed by atoms with Crippen LogP contribution in [0.25, 0.3) is 0 Å². The van der Waals surface area contributed by atoms with Crippen LogP contribution in [0.5, 0.6) is 0 Å². The Labute approximate surface area is 133 Å². The lowest BCUT2D eigenvalue weighted by Crippen LogP contribution is -2.38. The molecule has 2 rings (SSSR count). The Hall–Kier alpha value is -1.61. The minimum atomic E-state index is -0.243. The number of carbonyl (C=O) groups excluding carboxylic acids is 1. The fourth-order valence-electron chi connectivity index (χ4n) is 3.29. The first kappa shape index (κ1) is 16.8. The van der Waals surface area contributed by atoms with Crippen LogP contribution < -0.4 is 0 Å². The SMILES string of the molecule is C=C(C)[C@@H]1C[C@H](OCc2ccccc2)C(C)(C)[C@@H]1OC(C)=O. The van der Waals surface area contributed by atoms with Gasteiger partial charge in [-0.1, -0.05) is 56.3 Å². The Morgan fingerprint density at radius 3 is 2.45 bits per heavy atom. The van der Waals surface area contributed by atoms with E-state index in [9.17, 15) is 4.79 Å². The molecule has 0 radical (unpaired) electrons. The van der Waals surface area contributed by atoms with Gasteiger partial charge in [-0.05, 0) is 18.9 Å². The van der Waals surface area contributed by atoms with Gasteiger partial charge in [-0.2, -0.15) is 0 Å². The van der Waals surface area contributed by atoms with Crippen LogP contribution in [0.4, 0.5) is 0 Å². The number of esters is 1. The number of ether oxygens (including phenoxy) is 2. The largest absolute Gasteiger partial charge is 0.461 e. The summed E-state index contributed by atoms with van der Waals surface area (Å²) < 4.78 is 11.8. The van der Waals surface area contributed by atoms with Gasteiger partial charge in [0.05, 0.1) is 12.7 Å². The van der Waals surface area contributed by atoms with Crippen LogP contribution in [-0.2, 0) is 20.9 Å². The van der Waals surface area contributed by atoms with E-state index in [0.29, 0.717) is 6.61 Å². The summed E-state index contributed by atoms with van der Waals surface area (Å²) >= 11 is 0. The third-order valence-corrected chi connectivity index (χ3v) is 4.62. The van der Waals surface area contributed by atoms with Gasteiger partial charge >= 0.3 is 5.97 Å². The van der Waals surface area contributed by atoms with Crippen molar-refractivity contribution in [3.63, 3.8) is 0 Å². The van der Waals surface area contributed by atoms with E-state index in [2.05, 4.69) is 32.6 Å². The highest BCUT2D eigenvalue weighted by Crippen LogP contribution is 2.47. The Balaban J connectivity index is 2.11. The Morgan fingerprint density at radius 2 is 1.91 bits per heavy atom. The molecule has 0 bridgehead atoms. The topological polar surface area (TPSA) is 35.5 Å². The molecule has 0 spiro atoms. The molecule has 22 heavy (non-hydrogen) atoms. The van der Waals surface area contributed by atoms with E-state index in [0.717, 1.165) is 17.6 Å². The van der Waals surface area contributed by atoms with E-state index >= 15 is 0 Å². The Bertz CT molecular complexity index is 533. The van der Waals surface area contributed by atoms with Crippen molar-refractivity contribution in [2.24, 2.45) is 11.3 Å². The number of benzene rings is 1. The van der Waals surface area contributed by atoms with Crippen LogP contribution >= 0.6 is 0 Å². The first-order valence-electron chi connectivity index (χ1n) is 7.80. The Morgan fingerprint density at radius 1 is 1.27 bits per heavy atom. The van der Waals surface area contributed by atoms with Gasteiger partial charge in [0.25, 0.3) is 0 Å². The molecular weight excluding hydrogens is 276 g/mol. The van der Waals surface area contributed by atoms with E-state index in [4.69, 9.17) is 9.47 Å². The first-order valence-corrected chi connectivity index (χ1v) is 7.80. The smallest absolute Gasteiger partial charge is 0.302 e. The van der Waals surface area contributed by atoms with E-state index in [1.165, 1.54) is 6.92 Å².